The predicted octanol–water partition coefficient (Wildman–Crippen LogP) is 3.63. The normalized spacial score (nSPS) is 25.2. The number of carboxylic acids is 1. The van der Waals surface area contributed by atoms with Crippen LogP contribution in [-0.4, -0.2) is 105 Å². The molecule has 0 aromatic heterocycles. The molecule has 0 radical (unpaired) electrons. The summed E-state index contributed by atoms with van der Waals surface area (Å²) in [5, 5.41) is 10.2. The molecular weight excluding hydrogens is 546 g/mol. The number of hydrogen-bond acceptors (Lipinski definition) is 7. The van der Waals surface area contributed by atoms with Gasteiger partial charge < -0.3 is 28.8 Å². The zero-order chi connectivity index (χ0) is 30.8. The highest BCUT2D eigenvalue weighted by atomic mass is 28.3. The van der Waals surface area contributed by atoms with E-state index in [9.17, 15) is 24.3 Å². The first-order valence-electron chi connectivity index (χ1n) is 14.1. The van der Waals surface area contributed by atoms with Crippen molar-refractivity contribution in [3.05, 3.63) is 35.6 Å². The molecule has 2 fully saturated rings. The molecule has 3 aliphatic heterocycles. The number of fused-ring (bicyclic) bond motifs is 1. The lowest BCUT2D eigenvalue weighted by atomic mass is 9.66. The number of allylic oxidation sites excluding steroid dienone is 1. The zero-order valence-corrected chi connectivity index (χ0v) is 26.7. The van der Waals surface area contributed by atoms with Gasteiger partial charge in [0.1, 0.15) is 18.4 Å². The molecule has 0 aliphatic carbocycles. The monoisotopic (exact) mass is 591 g/mol. The standard InChI is InChI=1S/C29H45N3O8Si/c1-10-11-38-28(37)31-15-19(40-27(36)30(6)7)13-18(31)12-17(2)20-14-22-23(25(33)32(22)24(20)26(34)35)21(29(3,4)5)16-39-41(8)9/h10,12,18-19,21-23,41H,1,11,13-16H2,2-9H3,(H,34,35)/t18-,19-,21-,22-,23+/m1/s1. The lowest BCUT2D eigenvalue weighted by Crippen LogP contribution is -2.63. The molecule has 0 aromatic rings. The Balaban J connectivity index is 1.90. The Kier molecular flexibility index (Phi) is 10.1. The molecule has 5 atom stereocenters. The maximum Gasteiger partial charge on any atom is 0.410 e. The van der Waals surface area contributed by atoms with E-state index in [0.717, 1.165) is 0 Å². The Bertz CT molecular complexity index is 1130. The van der Waals surface area contributed by atoms with Crippen molar-refractivity contribution in [2.75, 3.05) is 33.9 Å². The number of rotatable bonds is 10. The molecule has 0 saturated carbocycles. The van der Waals surface area contributed by atoms with Crippen LogP contribution in [0.5, 0.6) is 0 Å². The molecule has 0 aromatic carbocycles. The van der Waals surface area contributed by atoms with Crippen molar-refractivity contribution in [1.29, 1.82) is 0 Å². The van der Waals surface area contributed by atoms with Gasteiger partial charge in [-0.25, -0.2) is 14.4 Å². The third kappa shape index (κ3) is 7.03. The van der Waals surface area contributed by atoms with Crippen LogP contribution < -0.4 is 0 Å². The van der Waals surface area contributed by atoms with Gasteiger partial charge in [0.25, 0.3) is 0 Å². The van der Waals surface area contributed by atoms with Crippen LogP contribution in [0.3, 0.4) is 0 Å². The van der Waals surface area contributed by atoms with Crippen molar-refractivity contribution in [2.24, 2.45) is 17.3 Å². The van der Waals surface area contributed by atoms with Gasteiger partial charge in [-0.05, 0) is 48.9 Å². The Morgan fingerprint density at radius 3 is 2.44 bits per heavy atom. The number of nitrogens with zero attached hydrogens (tertiary/aromatic N) is 3. The van der Waals surface area contributed by atoms with Crippen LogP contribution in [0.2, 0.25) is 13.1 Å². The molecule has 2 saturated heterocycles. The first-order chi connectivity index (χ1) is 19.1. The summed E-state index contributed by atoms with van der Waals surface area (Å²) in [4.78, 5) is 55.2. The fourth-order valence-electron chi connectivity index (χ4n) is 5.85. The number of carbonyl (C=O) groups excluding carboxylic acids is 3. The fourth-order valence-corrected chi connectivity index (χ4v) is 6.44. The minimum Gasteiger partial charge on any atom is -0.477 e. The summed E-state index contributed by atoms with van der Waals surface area (Å²) < 4.78 is 16.9. The van der Waals surface area contributed by atoms with E-state index in [0.29, 0.717) is 30.6 Å². The minimum absolute atomic E-state index is 0.00817. The highest BCUT2D eigenvalue weighted by molar-refractivity contribution is 6.48. The van der Waals surface area contributed by atoms with Gasteiger partial charge in [0, 0.05) is 27.1 Å². The average molecular weight is 592 g/mol. The Morgan fingerprint density at radius 1 is 1.24 bits per heavy atom. The second kappa shape index (κ2) is 12.8. The molecule has 0 spiro atoms. The Hall–Kier alpha value is -3.12. The number of hydrogen-bond donors (Lipinski definition) is 1. The molecule has 3 heterocycles. The van der Waals surface area contributed by atoms with Gasteiger partial charge in [-0.3, -0.25) is 9.69 Å². The van der Waals surface area contributed by atoms with E-state index < -0.39 is 39.3 Å². The van der Waals surface area contributed by atoms with Crippen LogP contribution in [0.15, 0.2) is 35.6 Å². The molecule has 41 heavy (non-hydrogen) atoms. The van der Waals surface area contributed by atoms with E-state index in [2.05, 4.69) is 40.4 Å². The number of aliphatic carboxylic acids is 1. The molecule has 3 aliphatic rings. The summed E-state index contributed by atoms with van der Waals surface area (Å²) in [7, 11) is 1.84. The zero-order valence-electron chi connectivity index (χ0n) is 25.5. The van der Waals surface area contributed by atoms with Crippen LogP contribution in [0.25, 0.3) is 0 Å². The maximum absolute atomic E-state index is 13.5. The molecule has 0 unspecified atom stereocenters. The van der Waals surface area contributed by atoms with Crippen molar-refractivity contribution < 1.29 is 38.2 Å². The van der Waals surface area contributed by atoms with Gasteiger partial charge in [-0.1, -0.05) is 39.5 Å². The van der Waals surface area contributed by atoms with Crippen molar-refractivity contribution >= 4 is 33.1 Å². The summed E-state index contributed by atoms with van der Waals surface area (Å²) in [6.45, 7) is 16.4. The van der Waals surface area contributed by atoms with E-state index in [1.807, 2.05) is 6.08 Å². The molecule has 12 heteroatoms. The molecule has 0 bridgehead atoms. The number of carbonyl (C=O) groups is 4. The SMILES string of the molecule is C=CCOC(=O)N1C[C@H](OC(=O)N(C)C)C[C@H]1C=C(C)C1=C(C(=O)O)N2C(=O)[C@@H]([C@@H](CO[SiH](C)C)C(C)(C)C)[C@H]2C1. The van der Waals surface area contributed by atoms with Crippen LogP contribution in [-0.2, 0) is 23.5 Å². The van der Waals surface area contributed by atoms with Crippen molar-refractivity contribution in [3.8, 4) is 0 Å². The van der Waals surface area contributed by atoms with E-state index in [4.69, 9.17) is 13.9 Å². The van der Waals surface area contributed by atoms with E-state index in [-0.39, 0.29) is 48.0 Å². The van der Waals surface area contributed by atoms with Crippen molar-refractivity contribution in [2.45, 2.75) is 71.8 Å². The van der Waals surface area contributed by atoms with E-state index in [1.54, 1.807) is 21.0 Å². The van der Waals surface area contributed by atoms with E-state index in [1.165, 1.54) is 20.8 Å². The second-order valence-corrected chi connectivity index (χ2v) is 15.0. The minimum atomic E-state index is -1.31. The molecule has 1 N–H and O–H groups in total. The van der Waals surface area contributed by atoms with Crippen LogP contribution >= 0.6 is 0 Å². The summed E-state index contributed by atoms with van der Waals surface area (Å²) in [5.41, 5.74) is 1.01. The fraction of sp³-hybridized carbons (Fsp3) is 0.655. The number of amides is 3. The van der Waals surface area contributed by atoms with Crippen LogP contribution in [0.4, 0.5) is 9.59 Å². The topological polar surface area (TPSA) is 126 Å². The first-order valence-corrected chi connectivity index (χ1v) is 16.9. The summed E-state index contributed by atoms with van der Waals surface area (Å²) in [5.74, 6) is -1.74. The van der Waals surface area contributed by atoms with Crippen LogP contribution in [0.1, 0.15) is 40.5 Å². The van der Waals surface area contributed by atoms with Crippen molar-refractivity contribution in [3.63, 3.8) is 0 Å². The highest BCUT2D eigenvalue weighted by Crippen LogP contribution is 2.50. The quantitative estimate of drug-likeness (QED) is 0.232. The van der Waals surface area contributed by atoms with Gasteiger partial charge in [-0.2, -0.15) is 0 Å². The Morgan fingerprint density at radius 2 is 1.90 bits per heavy atom. The lowest BCUT2D eigenvalue weighted by Gasteiger charge is -2.50. The highest BCUT2D eigenvalue weighted by Gasteiger charge is 2.59. The number of carboxylic acid groups (broad SMARTS) is 1. The molecule has 3 rings (SSSR count). The van der Waals surface area contributed by atoms with Gasteiger partial charge >= 0.3 is 18.2 Å². The first kappa shape index (κ1) is 32.4. The summed E-state index contributed by atoms with van der Waals surface area (Å²) in [6.07, 6.45) is 2.35. The molecule has 228 valence electrons. The van der Waals surface area contributed by atoms with Gasteiger partial charge in [-0.15, -0.1) is 0 Å². The lowest BCUT2D eigenvalue weighted by molar-refractivity contribution is -0.162. The summed E-state index contributed by atoms with van der Waals surface area (Å²) in [6, 6.07) is -0.763. The van der Waals surface area contributed by atoms with Crippen molar-refractivity contribution in [1.82, 2.24) is 14.7 Å². The smallest absolute Gasteiger partial charge is 0.410 e. The van der Waals surface area contributed by atoms with E-state index >= 15 is 0 Å². The average Bonchev–Trinajstić information content (AvgIpc) is 3.43. The Labute approximate surface area is 244 Å². The molecular formula is C29H45N3O8Si. The summed E-state index contributed by atoms with van der Waals surface area (Å²) >= 11 is 0. The number of likely N-dealkylation sites (tertiary alicyclic amines) is 1. The largest absolute Gasteiger partial charge is 0.477 e. The maximum atomic E-state index is 13.5. The van der Waals surface area contributed by atoms with Gasteiger partial charge in [0.15, 0.2) is 9.04 Å². The predicted molar refractivity (Wildman–Crippen MR) is 156 cm³/mol. The van der Waals surface area contributed by atoms with Gasteiger partial charge in [0.05, 0.1) is 24.5 Å². The van der Waals surface area contributed by atoms with Crippen LogP contribution in [0, 0.1) is 17.3 Å². The third-order valence-corrected chi connectivity index (χ3v) is 8.84. The molecule has 3 amide bonds. The second-order valence-electron chi connectivity index (χ2n) is 12.6. The number of ether oxygens (including phenoxy) is 2. The third-order valence-electron chi connectivity index (χ3n) is 7.98. The number of β-lactam (4-membered cyclic amide) rings is 1. The molecule has 11 nitrogen and oxygen atoms in total. The van der Waals surface area contributed by atoms with Gasteiger partial charge in [0.2, 0.25) is 5.91 Å².